The van der Waals surface area contributed by atoms with Crippen molar-refractivity contribution in [2.24, 2.45) is 22.7 Å². The van der Waals surface area contributed by atoms with Crippen LogP contribution in [0, 0.1) is 22.7 Å². The average Bonchev–Trinajstić information content (AvgIpc) is 3.32. The first kappa shape index (κ1) is 19.5. The predicted octanol–water partition coefficient (Wildman–Crippen LogP) is 4.72. The largest absolute Gasteiger partial charge is 0.462 e. The van der Waals surface area contributed by atoms with E-state index in [0.717, 1.165) is 56.1 Å². The van der Waals surface area contributed by atoms with Crippen LogP contribution in [0.3, 0.4) is 0 Å². The van der Waals surface area contributed by atoms with Gasteiger partial charge in [-0.1, -0.05) is 31.1 Å². The molecule has 0 amide bonds. The lowest BCUT2D eigenvalue weighted by Crippen LogP contribution is -2.47. The smallest absolute Gasteiger partial charge is 0.302 e. The second-order valence-electron chi connectivity index (χ2n) is 9.93. The summed E-state index contributed by atoms with van der Waals surface area (Å²) in [5.41, 5.74) is 4.81. The highest BCUT2D eigenvalue weighted by molar-refractivity contribution is 5.92. The van der Waals surface area contributed by atoms with Crippen molar-refractivity contribution in [1.29, 1.82) is 0 Å². The Hall–Kier alpha value is -2.43. The maximum absolute atomic E-state index is 12.0. The third-order valence-electron chi connectivity index (χ3n) is 8.41. The fourth-order valence-electron chi connectivity index (χ4n) is 7.01. The Morgan fingerprint density at radius 3 is 2.83 bits per heavy atom. The number of carbonyl (C=O) groups is 2. The van der Waals surface area contributed by atoms with Gasteiger partial charge < -0.3 is 9.30 Å². The predicted molar refractivity (Wildman–Crippen MR) is 114 cm³/mol. The van der Waals surface area contributed by atoms with E-state index in [1.54, 1.807) is 6.20 Å². The molecule has 1 aromatic rings. The number of carbonyl (C=O) groups excluding carboxylic acids is 2. The van der Waals surface area contributed by atoms with E-state index in [2.05, 4.69) is 31.0 Å². The summed E-state index contributed by atoms with van der Waals surface area (Å²) in [4.78, 5) is 27.6. The van der Waals surface area contributed by atoms with E-state index in [9.17, 15) is 9.59 Å². The van der Waals surface area contributed by atoms with E-state index in [1.807, 2.05) is 17.1 Å². The summed E-state index contributed by atoms with van der Waals surface area (Å²) in [7, 11) is 0. The third kappa shape index (κ3) is 2.70. The molecule has 0 spiro atoms. The molecule has 158 valence electrons. The Bertz CT molecular complexity index is 986. The molecule has 0 saturated heterocycles. The SMILES string of the molecule is CC(=O)OC1CCC2(C)C(=CCC3C4=CC(C=O)=C(n5ccnc5)C4(C)CCC32)C1. The minimum atomic E-state index is -0.179. The molecule has 5 rings (SSSR count). The molecule has 0 aliphatic heterocycles. The van der Waals surface area contributed by atoms with E-state index in [1.165, 1.54) is 18.1 Å². The van der Waals surface area contributed by atoms with Crippen LogP contribution in [0.25, 0.3) is 5.70 Å². The van der Waals surface area contributed by atoms with Gasteiger partial charge in [-0.15, -0.1) is 0 Å². The first-order valence-electron chi connectivity index (χ1n) is 11.1. The topological polar surface area (TPSA) is 61.2 Å². The first-order chi connectivity index (χ1) is 14.4. The van der Waals surface area contributed by atoms with Crippen molar-refractivity contribution in [2.45, 2.75) is 65.4 Å². The molecule has 4 aliphatic rings. The van der Waals surface area contributed by atoms with Gasteiger partial charge in [-0.25, -0.2) is 4.98 Å². The van der Waals surface area contributed by atoms with Crippen molar-refractivity contribution in [3.63, 3.8) is 0 Å². The number of rotatable bonds is 3. The summed E-state index contributed by atoms with van der Waals surface area (Å²) in [6.45, 7) is 6.23. The Kier molecular flexibility index (Phi) is 4.42. The van der Waals surface area contributed by atoms with E-state index in [4.69, 9.17) is 4.74 Å². The minimum Gasteiger partial charge on any atom is -0.462 e. The van der Waals surface area contributed by atoms with Gasteiger partial charge in [0.25, 0.3) is 0 Å². The number of allylic oxidation sites excluding steroid dienone is 5. The van der Waals surface area contributed by atoms with E-state index >= 15 is 0 Å². The van der Waals surface area contributed by atoms with Gasteiger partial charge >= 0.3 is 5.97 Å². The molecular formula is C25H30N2O3. The number of nitrogens with zero attached hydrogens (tertiary/aromatic N) is 2. The highest BCUT2D eigenvalue weighted by atomic mass is 16.5. The van der Waals surface area contributed by atoms with Crippen molar-refractivity contribution in [3.8, 4) is 0 Å². The normalized spacial score (nSPS) is 37.5. The Labute approximate surface area is 177 Å². The molecule has 1 aromatic heterocycles. The Balaban J connectivity index is 1.48. The number of ether oxygens (including phenoxy) is 1. The molecule has 2 saturated carbocycles. The van der Waals surface area contributed by atoms with Crippen LogP contribution >= 0.6 is 0 Å². The van der Waals surface area contributed by atoms with E-state index in [0.29, 0.717) is 11.8 Å². The van der Waals surface area contributed by atoms with Crippen LogP contribution in [-0.2, 0) is 14.3 Å². The van der Waals surface area contributed by atoms with Crippen molar-refractivity contribution >= 4 is 18.0 Å². The van der Waals surface area contributed by atoms with Crippen molar-refractivity contribution in [2.75, 3.05) is 0 Å². The lowest BCUT2D eigenvalue weighted by Gasteiger charge is -2.56. The molecular weight excluding hydrogens is 376 g/mol. The van der Waals surface area contributed by atoms with Crippen molar-refractivity contribution in [3.05, 3.63) is 47.6 Å². The second-order valence-corrected chi connectivity index (χ2v) is 9.93. The molecule has 1 heterocycles. The molecule has 4 aliphatic carbocycles. The molecule has 0 aromatic carbocycles. The van der Waals surface area contributed by atoms with Crippen molar-refractivity contribution < 1.29 is 14.3 Å². The Morgan fingerprint density at radius 1 is 1.30 bits per heavy atom. The molecule has 0 radical (unpaired) electrons. The zero-order valence-corrected chi connectivity index (χ0v) is 18.1. The molecule has 30 heavy (non-hydrogen) atoms. The standard InChI is InChI=1S/C25H30N2O3/c1-16(29)30-19-6-8-24(2)18(13-19)4-5-20-21(24)7-9-25(3)22(20)12-17(14-28)23(25)27-11-10-26-15-27/h4,10-12,14-15,19-21H,5-9,13H2,1-3H3. The van der Waals surface area contributed by atoms with Gasteiger partial charge in [0.1, 0.15) is 6.10 Å². The quantitative estimate of drug-likeness (QED) is 0.414. The van der Waals surface area contributed by atoms with Gasteiger partial charge in [-0.3, -0.25) is 9.59 Å². The summed E-state index contributed by atoms with van der Waals surface area (Å²) < 4.78 is 7.58. The number of fused-ring (bicyclic) bond motifs is 5. The molecule has 2 fully saturated rings. The van der Waals surface area contributed by atoms with Crippen LogP contribution in [-0.4, -0.2) is 27.9 Å². The number of imidazole rings is 1. The fraction of sp³-hybridized carbons (Fsp3) is 0.560. The lowest BCUT2D eigenvalue weighted by molar-refractivity contribution is -0.148. The molecule has 5 atom stereocenters. The lowest BCUT2D eigenvalue weighted by atomic mass is 9.49. The number of esters is 1. The van der Waals surface area contributed by atoms with E-state index < -0.39 is 0 Å². The van der Waals surface area contributed by atoms with Gasteiger partial charge in [0, 0.05) is 42.4 Å². The molecule has 5 unspecified atom stereocenters. The second kappa shape index (κ2) is 6.79. The zero-order chi connectivity index (χ0) is 21.1. The maximum Gasteiger partial charge on any atom is 0.302 e. The maximum atomic E-state index is 12.0. The number of hydrogen-bond donors (Lipinski definition) is 0. The molecule has 5 heteroatoms. The first-order valence-corrected chi connectivity index (χ1v) is 11.1. The van der Waals surface area contributed by atoms with Crippen LogP contribution in [0.5, 0.6) is 0 Å². The number of hydrogen-bond acceptors (Lipinski definition) is 4. The summed E-state index contributed by atoms with van der Waals surface area (Å²) in [6.07, 6.45) is 17.2. The minimum absolute atomic E-state index is 0.0223. The summed E-state index contributed by atoms with van der Waals surface area (Å²) in [5, 5.41) is 0. The van der Waals surface area contributed by atoms with E-state index in [-0.39, 0.29) is 22.9 Å². The molecule has 5 nitrogen and oxygen atoms in total. The third-order valence-corrected chi connectivity index (χ3v) is 8.41. The monoisotopic (exact) mass is 406 g/mol. The van der Waals surface area contributed by atoms with Crippen LogP contribution in [0.1, 0.15) is 59.3 Å². The van der Waals surface area contributed by atoms with Gasteiger partial charge in [-0.05, 0) is 55.4 Å². The van der Waals surface area contributed by atoms with Crippen LogP contribution < -0.4 is 0 Å². The summed E-state index contributed by atoms with van der Waals surface area (Å²) in [5.74, 6) is 0.853. The highest BCUT2D eigenvalue weighted by Crippen LogP contribution is 2.64. The van der Waals surface area contributed by atoms with Gasteiger partial charge in [-0.2, -0.15) is 0 Å². The summed E-state index contributed by atoms with van der Waals surface area (Å²) in [6, 6.07) is 0. The molecule has 0 N–H and O–H groups in total. The zero-order valence-electron chi connectivity index (χ0n) is 18.1. The number of aldehydes is 1. The van der Waals surface area contributed by atoms with Crippen LogP contribution in [0.15, 0.2) is 47.6 Å². The number of aromatic nitrogens is 2. The van der Waals surface area contributed by atoms with Crippen LogP contribution in [0.4, 0.5) is 0 Å². The highest BCUT2D eigenvalue weighted by Gasteiger charge is 2.55. The molecule has 0 bridgehead atoms. The van der Waals surface area contributed by atoms with Gasteiger partial charge in [0.2, 0.25) is 0 Å². The van der Waals surface area contributed by atoms with Gasteiger partial charge in [0.05, 0.1) is 6.33 Å². The summed E-state index contributed by atoms with van der Waals surface area (Å²) >= 11 is 0. The Morgan fingerprint density at radius 2 is 2.13 bits per heavy atom. The van der Waals surface area contributed by atoms with Crippen LogP contribution in [0.2, 0.25) is 0 Å². The van der Waals surface area contributed by atoms with Gasteiger partial charge in [0.15, 0.2) is 6.29 Å². The van der Waals surface area contributed by atoms with Crippen molar-refractivity contribution in [1.82, 2.24) is 9.55 Å². The average molecular weight is 407 g/mol. The fourth-order valence-corrected chi connectivity index (χ4v) is 7.01.